The van der Waals surface area contributed by atoms with Gasteiger partial charge in [-0.1, -0.05) is 12.1 Å². The third kappa shape index (κ3) is 4.74. The third-order valence-corrected chi connectivity index (χ3v) is 7.38. The van der Waals surface area contributed by atoms with Gasteiger partial charge in [0.05, 0.1) is 49.9 Å². The van der Waals surface area contributed by atoms with Gasteiger partial charge in [0.15, 0.2) is 5.78 Å². The molecule has 0 spiro atoms. The number of aliphatic hydroxyl groups is 6. The van der Waals surface area contributed by atoms with Crippen molar-refractivity contribution in [1.29, 1.82) is 0 Å². The van der Waals surface area contributed by atoms with Crippen molar-refractivity contribution in [1.82, 2.24) is 0 Å². The summed E-state index contributed by atoms with van der Waals surface area (Å²) in [6, 6.07) is 10.8. The Morgan fingerprint density at radius 1 is 1.03 bits per heavy atom. The SMILES string of the molecule is O=C1CC(c2ccc(O[C@@H]3O[C@H](CO)[C@@H](O)[C@H](O)C3[C@@H]3OC[C@](O)(CO)[C@H]3O)cc2)Oc2cc(O)ccc21. The summed E-state index contributed by atoms with van der Waals surface area (Å²) < 4.78 is 23.0. The number of carbonyl (C=O) groups excluding carboxylic acids is 1. The minimum absolute atomic E-state index is 0.0229. The normalized spacial score (nSPS) is 36.9. The second kappa shape index (κ2) is 10.4. The van der Waals surface area contributed by atoms with Crippen LogP contribution < -0.4 is 9.47 Å². The van der Waals surface area contributed by atoms with Crippen LogP contribution in [0, 0.1) is 5.92 Å². The number of fused-ring (bicyclic) bond motifs is 1. The predicted octanol–water partition coefficient (Wildman–Crippen LogP) is -0.984. The molecule has 3 heterocycles. The Kier molecular flexibility index (Phi) is 7.33. The van der Waals surface area contributed by atoms with Crippen LogP contribution in [0.2, 0.25) is 0 Å². The molecule has 12 nitrogen and oxygen atoms in total. The highest BCUT2D eigenvalue weighted by Crippen LogP contribution is 2.40. The molecule has 206 valence electrons. The van der Waals surface area contributed by atoms with Crippen LogP contribution in [0.5, 0.6) is 17.2 Å². The summed E-state index contributed by atoms with van der Waals surface area (Å²) in [7, 11) is 0. The largest absolute Gasteiger partial charge is 0.508 e. The molecule has 12 heteroatoms. The zero-order chi connectivity index (χ0) is 27.2. The van der Waals surface area contributed by atoms with Crippen molar-refractivity contribution in [3.63, 3.8) is 0 Å². The molecule has 2 saturated heterocycles. The number of rotatable bonds is 6. The smallest absolute Gasteiger partial charge is 0.208 e. The maximum Gasteiger partial charge on any atom is 0.208 e. The fourth-order valence-corrected chi connectivity index (χ4v) is 5.14. The predicted molar refractivity (Wildman–Crippen MR) is 127 cm³/mol. The molecular formula is C26H30O12. The Morgan fingerprint density at radius 2 is 1.76 bits per heavy atom. The van der Waals surface area contributed by atoms with Crippen LogP contribution in [0.4, 0.5) is 0 Å². The Hall–Kier alpha value is -2.81. The number of hydrogen-bond donors (Lipinski definition) is 7. The number of Topliss-reactive ketones (excluding diaryl/α,β-unsaturated/α-hetero) is 1. The summed E-state index contributed by atoms with van der Waals surface area (Å²) in [5.41, 5.74) is -0.919. The molecule has 2 aromatic carbocycles. The van der Waals surface area contributed by atoms with E-state index in [1.807, 2.05) is 0 Å². The van der Waals surface area contributed by atoms with Crippen molar-refractivity contribution in [3.05, 3.63) is 53.6 Å². The van der Waals surface area contributed by atoms with Crippen LogP contribution in [0.15, 0.2) is 42.5 Å². The Bertz CT molecular complexity index is 1160. The molecule has 0 radical (unpaired) electrons. The lowest BCUT2D eigenvalue weighted by Gasteiger charge is -2.44. The Balaban J connectivity index is 1.35. The number of phenols is 1. The molecule has 9 atom stereocenters. The van der Waals surface area contributed by atoms with Crippen molar-refractivity contribution in [2.75, 3.05) is 19.8 Å². The van der Waals surface area contributed by atoms with Crippen LogP contribution in [0.1, 0.15) is 28.4 Å². The lowest BCUT2D eigenvalue weighted by molar-refractivity contribution is -0.281. The average Bonchev–Trinajstić information content (AvgIpc) is 3.20. The molecule has 0 bridgehead atoms. The van der Waals surface area contributed by atoms with E-state index in [0.29, 0.717) is 11.1 Å². The molecule has 2 fully saturated rings. The Labute approximate surface area is 217 Å². The van der Waals surface area contributed by atoms with E-state index in [4.69, 9.17) is 18.9 Å². The average molecular weight is 535 g/mol. The monoisotopic (exact) mass is 534 g/mol. The van der Waals surface area contributed by atoms with Crippen molar-refractivity contribution < 1.29 is 59.5 Å². The van der Waals surface area contributed by atoms with Crippen LogP contribution in [0.3, 0.4) is 0 Å². The molecular weight excluding hydrogens is 504 g/mol. The van der Waals surface area contributed by atoms with Gasteiger partial charge in [0.2, 0.25) is 6.29 Å². The minimum Gasteiger partial charge on any atom is -0.508 e. The molecule has 3 aliphatic heterocycles. The van der Waals surface area contributed by atoms with Gasteiger partial charge in [0, 0.05) is 6.07 Å². The third-order valence-electron chi connectivity index (χ3n) is 7.38. The number of ketones is 1. The van der Waals surface area contributed by atoms with Gasteiger partial charge in [-0.05, 0) is 29.8 Å². The number of ether oxygens (including phenoxy) is 4. The van der Waals surface area contributed by atoms with Gasteiger partial charge >= 0.3 is 0 Å². The molecule has 2 unspecified atom stereocenters. The molecule has 3 aliphatic rings. The van der Waals surface area contributed by atoms with E-state index in [0.717, 1.165) is 0 Å². The zero-order valence-corrected chi connectivity index (χ0v) is 20.2. The number of hydrogen-bond acceptors (Lipinski definition) is 12. The lowest BCUT2D eigenvalue weighted by atomic mass is 9.82. The molecule has 38 heavy (non-hydrogen) atoms. The number of benzene rings is 2. The highest BCUT2D eigenvalue weighted by atomic mass is 16.7. The van der Waals surface area contributed by atoms with E-state index in [-0.39, 0.29) is 29.5 Å². The number of phenolic OH excluding ortho intramolecular Hbond substituents is 1. The van der Waals surface area contributed by atoms with E-state index in [1.54, 1.807) is 24.3 Å². The summed E-state index contributed by atoms with van der Waals surface area (Å²) in [5, 5.41) is 71.1. The van der Waals surface area contributed by atoms with Crippen LogP contribution >= 0.6 is 0 Å². The van der Waals surface area contributed by atoms with Crippen molar-refractivity contribution >= 4 is 5.78 Å². The zero-order valence-electron chi connectivity index (χ0n) is 20.2. The molecule has 0 aliphatic carbocycles. The fourth-order valence-electron chi connectivity index (χ4n) is 5.14. The van der Waals surface area contributed by atoms with Crippen molar-refractivity contribution in [2.45, 2.75) is 54.9 Å². The first-order valence-electron chi connectivity index (χ1n) is 12.2. The van der Waals surface area contributed by atoms with Gasteiger partial charge in [-0.2, -0.15) is 0 Å². The van der Waals surface area contributed by atoms with E-state index >= 15 is 0 Å². The van der Waals surface area contributed by atoms with E-state index in [2.05, 4.69) is 0 Å². The fraction of sp³-hybridized carbons (Fsp3) is 0.500. The van der Waals surface area contributed by atoms with E-state index < -0.39 is 74.3 Å². The molecule has 7 N–H and O–H groups in total. The maximum atomic E-state index is 12.5. The first-order valence-corrected chi connectivity index (χ1v) is 12.2. The summed E-state index contributed by atoms with van der Waals surface area (Å²) in [6.07, 6.45) is -9.00. The summed E-state index contributed by atoms with van der Waals surface area (Å²) in [5.74, 6) is -0.813. The summed E-state index contributed by atoms with van der Waals surface area (Å²) in [4.78, 5) is 12.5. The molecule has 0 aromatic heterocycles. The Morgan fingerprint density at radius 3 is 2.42 bits per heavy atom. The van der Waals surface area contributed by atoms with E-state index in [9.17, 15) is 40.5 Å². The molecule has 2 aromatic rings. The quantitative estimate of drug-likeness (QED) is 0.240. The minimum atomic E-state index is -1.97. The first kappa shape index (κ1) is 26.8. The van der Waals surface area contributed by atoms with Gasteiger partial charge < -0.3 is 54.7 Å². The number of carbonyl (C=O) groups is 1. The van der Waals surface area contributed by atoms with Crippen LogP contribution in [-0.2, 0) is 9.47 Å². The topological polar surface area (TPSA) is 196 Å². The number of aromatic hydroxyl groups is 1. The maximum absolute atomic E-state index is 12.5. The van der Waals surface area contributed by atoms with Crippen molar-refractivity contribution in [3.8, 4) is 17.2 Å². The van der Waals surface area contributed by atoms with Crippen molar-refractivity contribution in [2.24, 2.45) is 5.92 Å². The van der Waals surface area contributed by atoms with Crippen LogP contribution in [-0.4, -0.2) is 104 Å². The van der Waals surface area contributed by atoms with E-state index in [1.165, 1.54) is 18.2 Å². The molecule has 5 rings (SSSR count). The highest BCUT2D eigenvalue weighted by molar-refractivity contribution is 6.00. The van der Waals surface area contributed by atoms with Crippen LogP contribution in [0.25, 0.3) is 0 Å². The van der Waals surface area contributed by atoms with Gasteiger partial charge in [0.1, 0.15) is 47.3 Å². The summed E-state index contributed by atoms with van der Waals surface area (Å²) in [6.45, 7) is -1.83. The summed E-state index contributed by atoms with van der Waals surface area (Å²) >= 11 is 0. The first-order chi connectivity index (χ1) is 18.1. The highest BCUT2D eigenvalue weighted by Gasteiger charge is 2.58. The molecule has 0 saturated carbocycles. The second-order valence-electron chi connectivity index (χ2n) is 9.87. The van der Waals surface area contributed by atoms with Gasteiger partial charge in [0.25, 0.3) is 0 Å². The molecule has 0 amide bonds. The standard InChI is InChI=1S/C26H30O12/c27-9-19-21(31)22(32)20(23-24(33)26(34,10-28)11-35-23)25(38-19)36-14-4-1-12(2-5-14)17-8-16(30)15-6-3-13(29)7-18(15)37-17/h1-7,17,19-25,27-29,31-34H,8-11H2/t17?,19-,20?,21-,22-,23+,24+,25-,26-/m1/s1. The van der Waals surface area contributed by atoms with Gasteiger partial charge in [-0.15, -0.1) is 0 Å². The van der Waals surface area contributed by atoms with Gasteiger partial charge in [-0.25, -0.2) is 0 Å². The lowest BCUT2D eigenvalue weighted by Crippen LogP contribution is -2.62. The number of aliphatic hydroxyl groups excluding tert-OH is 5. The van der Waals surface area contributed by atoms with Gasteiger partial charge in [-0.3, -0.25) is 4.79 Å². The second-order valence-corrected chi connectivity index (χ2v) is 9.87.